The Morgan fingerprint density at radius 3 is 2.41 bits per heavy atom. The molecule has 0 saturated carbocycles. The number of ketones is 1. The van der Waals surface area contributed by atoms with Gasteiger partial charge in [-0.05, 0) is 63.4 Å². The number of ether oxygens (including phenoxy) is 1. The first-order valence-electron chi connectivity index (χ1n) is 14.9. The van der Waals surface area contributed by atoms with Gasteiger partial charge in [-0.2, -0.15) is 0 Å². The van der Waals surface area contributed by atoms with Gasteiger partial charge in [0.25, 0.3) is 0 Å². The molecule has 0 spiro atoms. The zero-order chi connectivity index (χ0) is 31.0. The van der Waals surface area contributed by atoms with Crippen LogP contribution in [0.4, 0.5) is 11.4 Å². The summed E-state index contributed by atoms with van der Waals surface area (Å²) < 4.78 is 5.87. The highest BCUT2D eigenvalue weighted by Crippen LogP contribution is 2.40. The van der Waals surface area contributed by atoms with E-state index in [4.69, 9.17) is 10.5 Å². The number of carbonyl (C=O) groups excluding carboxylic acids is 3. The molecule has 3 aromatic rings. The second-order valence-electron chi connectivity index (χ2n) is 11.5. The fraction of sp³-hybridized carbons (Fsp3) is 0.412. The Labute approximate surface area is 266 Å². The predicted octanol–water partition coefficient (Wildman–Crippen LogP) is 4.45. The molecular formula is C34H44ClN5O4. The van der Waals surface area contributed by atoms with E-state index in [1.54, 1.807) is 24.9 Å². The van der Waals surface area contributed by atoms with E-state index in [-0.39, 0.29) is 50.3 Å². The zero-order valence-corrected chi connectivity index (χ0v) is 26.8. The number of aromatic nitrogens is 1. The molecule has 2 heterocycles. The Kier molecular flexibility index (Phi) is 12.5. The number of rotatable bonds is 14. The summed E-state index contributed by atoms with van der Waals surface area (Å²) in [5.74, 6) is -1.48. The van der Waals surface area contributed by atoms with Gasteiger partial charge in [0.05, 0.1) is 42.4 Å². The van der Waals surface area contributed by atoms with Gasteiger partial charge in [0.15, 0.2) is 5.78 Å². The minimum atomic E-state index is -1.18. The van der Waals surface area contributed by atoms with Crippen LogP contribution in [-0.4, -0.2) is 53.9 Å². The molecular weight excluding hydrogens is 578 g/mol. The molecule has 10 heteroatoms. The summed E-state index contributed by atoms with van der Waals surface area (Å²) in [5, 5.41) is 2.78. The second-order valence-corrected chi connectivity index (χ2v) is 11.5. The molecule has 1 unspecified atom stereocenters. The van der Waals surface area contributed by atoms with Crippen LogP contribution >= 0.6 is 12.4 Å². The van der Waals surface area contributed by atoms with Crippen LogP contribution in [0.5, 0.6) is 0 Å². The van der Waals surface area contributed by atoms with E-state index < -0.39 is 23.4 Å². The molecule has 236 valence electrons. The van der Waals surface area contributed by atoms with Crippen molar-refractivity contribution in [2.75, 3.05) is 29.5 Å². The Balaban J connectivity index is 0.00000529. The first-order chi connectivity index (χ1) is 20.6. The van der Waals surface area contributed by atoms with Crippen LogP contribution in [-0.2, 0) is 38.7 Å². The number of carbonyl (C=O) groups is 3. The van der Waals surface area contributed by atoms with E-state index in [1.807, 2.05) is 66.7 Å². The first-order valence-corrected chi connectivity index (χ1v) is 14.9. The number of nitrogens with one attached hydrogen (secondary N) is 1. The number of halogens is 1. The lowest BCUT2D eigenvalue weighted by molar-refractivity contribution is -0.133. The van der Waals surface area contributed by atoms with Crippen molar-refractivity contribution in [2.45, 2.75) is 65.3 Å². The van der Waals surface area contributed by atoms with Crippen molar-refractivity contribution in [1.29, 1.82) is 0 Å². The van der Waals surface area contributed by atoms with Gasteiger partial charge in [0, 0.05) is 31.6 Å². The highest BCUT2D eigenvalue weighted by molar-refractivity contribution is 6.04. The van der Waals surface area contributed by atoms with Gasteiger partial charge in [-0.1, -0.05) is 48.5 Å². The molecule has 4 rings (SSSR count). The van der Waals surface area contributed by atoms with Crippen LogP contribution in [0.3, 0.4) is 0 Å². The van der Waals surface area contributed by atoms with Crippen molar-refractivity contribution in [3.8, 4) is 0 Å². The molecule has 0 saturated heterocycles. The molecule has 44 heavy (non-hydrogen) atoms. The summed E-state index contributed by atoms with van der Waals surface area (Å²) in [5.41, 5.74) is 9.41. The highest BCUT2D eigenvalue weighted by atomic mass is 35.5. The smallest absolute Gasteiger partial charge is 0.240 e. The van der Waals surface area contributed by atoms with Crippen molar-refractivity contribution >= 4 is 41.4 Å². The van der Waals surface area contributed by atoms with E-state index in [0.29, 0.717) is 6.42 Å². The molecule has 1 aliphatic rings. The topological polar surface area (TPSA) is 118 Å². The summed E-state index contributed by atoms with van der Waals surface area (Å²) in [6.45, 7) is 9.48. The van der Waals surface area contributed by atoms with Crippen molar-refractivity contribution < 1.29 is 19.1 Å². The first kappa shape index (κ1) is 34.7. The van der Waals surface area contributed by atoms with E-state index in [2.05, 4.69) is 29.0 Å². The molecule has 9 nitrogen and oxygen atoms in total. The van der Waals surface area contributed by atoms with Crippen molar-refractivity contribution in [3.63, 3.8) is 0 Å². The van der Waals surface area contributed by atoms with Crippen LogP contribution in [0, 0.1) is 5.92 Å². The summed E-state index contributed by atoms with van der Waals surface area (Å²) in [6, 6.07) is 20.4. The molecule has 2 aromatic carbocycles. The zero-order valence-electron chi connectivity index (χ0n) is 26.0. The number of Topliss-reactive ketones (excluding diaryl/α,β-unsaturated/α-hetero) is 1. The average Bonchev–Trinajstić information content (AvgIpc) is 2.99. The monoisotopic (exact) mass is 621 g/mol. The van der Waals surface area contributed by atoms with E-state index in [1.165, 1.54) is 0 Å². The number of pyridine rings is 1. The lowest BCUT2D eigenvalue weighted by atomic mass is 9.86. The Morgan fingerprint density at radius 1 is 1.07 bits per heavy atom. The minimum Gasteiger partial charge on any atom is -0.374 e. The number of anilines is 2. The SMILES string of the molecule is CCN(CC)c1cccc2c1N(Cc1ccccn1)C(=O)C(CC(=O)[C@@H](COCc1ccccc1)NC(=O)C(C)(C)N)C2.Cl. The molecule has 1 aliphatic heterocycles. The third-order valence-electron chi connectivity index (χ3n) is 7.72. The highest BCUT2D eigenvalue weighted by Gasteiger charge is 2.38. The molecule has 1 aromatic heterocycles. The third-order valence-corrected chi connectivity index (χ3v) is 7.72. The number of hydrogen-bond donors (Lipinski definition) is 2. The molecule has 2 atom stereocenters. The van der Waals surface area contributed by atoms with Gasteiger partial charge in [-0.3, -0.25) is 19.4 Å². The molecule has 3 N–H and O–H groups in total. The second kappa shape index (κ2) is 15.8. The number of amides is 2. The number of benzene rings is 2. The summed E-state index contributed by atoms with van der Waals surface area (Å²) in [4.78, 5) is 49.2. The van der Waals surface area contributed by atoms with Crippen LogP contribution in [0.15, 0.2) is 72.9 Å². The summed E-state index contributed by atoms with van der Waals surface area (Å²) >= 11 is 0. The maximum absolute atomic E-state index is 14.2. The van der Waals surface area contributed by atoms with Crippen molar-refractivity contribution in [3.05, 3.63) is 89.7 Å². The Hall–Kier alpha value is -3.79. The molecule has 0 bridgehead atoms. The summed E-state index contributed by atoms with van der Waals surface area (Å²) in [7, 11) is 0. The van der Waals surface area contributed by atoms with Crippen molar-refractivity contribution in [1.82, 2.24) is 10.3 Å². The van der Waals surface area contributed by atoms with Crippen LogP contribution < -0.4 is 20.9 Å². The molecule has 2 amide bonds. The Morgan fingerprint density at radius 2 is 1.77 bits per heavy atom. The standard InChI is InChI=1S/C34H43N5O4.ClH/c1-5-38(6-2)29-17-12-15-25-19-26(32(41)39(31(25)29)21-27-16-10-11-18-36-27)20-30(40)28(37-33(42)34(3,4)35)23-43-22-24-13-8-7-9-14-24;/h7-18,26,28H,5-6,19-23,35H2,1-4H3,(H,37,42);1H/t26?,28-;/m1./s1. The third kappa shape index (κ3) is 8.65. The van der Waals surface area contributed by atoms with Crippen LogP contribution in [0.1, 0.15) is 50.9 Å². The molecule has 0 aliphatic carbocycles. The van der Waals surface area contributed by atoms with E-state index >= 15 is 0 Å². The number of nitrogens with two attached hydrogens (primary N) is 1. The van der Waals surface area contributed by atoms with Crippen LogP contribution in [0.2, 0.25) is 0 Å². The van der Waals surface area contributed by atoms with Gasteiger partial charge in [0.1, 0.15) is 6.04 Å². The van der Waals surface area contributed by atoms with Gasteiger partial charge in [-0.25, -0.2) is 0 Å². The fourth-order valence-electron chi connectivity index (χ4n) is 5.34. The quantitative estimate of drug-likeness (QED) is 0.273. The lowest BCUT2D eigenvalue weighted by Crippen LogP contribution is -2.55. The number of fused-ring (bicyclic) bond motifs is 1. The van der Waals surface area contributed by atoms with Gasteiger partial charge < -0.3 is 25.6 Å². The van der Waals surface area contributed by atoms with Gasteiger partial charge in [0.2, 0.25) is 11.8 Å². The maximum atomic E-state index is 14.2. The Bertz CT molecular complexity index is 1390. The minimum absolute atomic E-state index is 0. The predicted molar refractivity (Wildman–Crippen MR) is 176 cm³/mol. The van der Waals surface area contributed by atoms with Crippen molar-refractivity contribution in [2.24, 2.45) is 11.7 Å². The largest absolute Gasteiger partial charge is 0.374 e. The number of hydrogen-bond acceptors (Lipinski definition) is 7. The normalized spacial score (nSPS) is 15.2. The van der Waals surface area contributed by atoms with Gasteiger partial charge >= 0.3 is 0 Å². The number of para-hydroxylation sites is 1. The summed E-state index contributed by atoms with van der Waals surface area (Å²) in [6.07, 6.45) is 2.09. The van der Waals surface area contributed by atoms with E-state index in [9.17, 15) is 14.4 Å². The van der Waals surface area contributed by atoms with E-state index in [0.717, 1.165) is 41.3 Å². The number of nitrogens with zero attached hydrogens (tertiary/aromatic N) is 3. The maximum Gasteiger partial charge on any atom is 0.240 e. The van der Waals surface area contributed by atoms with Gasteiger partial charge in [-0.15, -0.1) is 12.4 Å². The molecule has 0 fully saturated rings. The van der Waals surface area contributed by atoms with Crippen LogP contribution in [0.25, 0.3) is 0 Å². The fourth-order valence-corrected chi connectivity index (χ4v) is 5.34. The molecule has 0 radical (unpaired) electrons. The lowest BCUT2D eigenvalue weighted by Gasteiger charge is -2.38. The average molecular weight is 622 g/mol.